The molecule has 2 aromatic rings. The average Bonchev–Trinajstić information content (AvgIpc) is 3.15. The summed E-state index contributed by atoms with van der Waals surface area (Å²) in [6.07, 6.45) is 0. The molecule has 1 N–H and O–H groups in total. The molecule has 2 aliphatic rings. The molecule has 2 aliphatic heterocycles. The van der Waals surface area contributed by atoms with Crippen LogP contribution in [0.5, 0.6) is 0 Å². The Morgan fingerprint density at radius 3 is 2.55 bits per heavy atom. The first-order valence-electron chi connectivity index (χ1n) is 10.3. The summed E-state index contributed by atoms with van der Waals surface area (Å²) >= 11 is 1.36. The number of thioether (sulfide) groups is 1. The second-order valence-electron chi connectivity index (χ2n) is 8.42. The monoisotopic (exact) mass is 457 g/mol. The second-order valence-corrected chi connectivity index (χ2v) is 11.5. The molecule has 2 heterocycles. The SMILES string of the molecule is Cc1ccc(NC(=O)CSC2=NC3CS(=O)(=O)CC3N2c2ccc(C)c(C)c2)c(C)c1. The van der Waals surface area contributed by atoms with Crippen molar-refractivity contribution in [3.05, 3.63) is 58.7 Å². The Morgan fingerprint density at radius 2 is 1.84 bits per heavy atom. The maximum absolute atomic E-state index is 12.6. The van der Waals surface area contributed by atoms with Crippen LogP contribution in [0.2, 0.25) is 0 Å². The van der Waals surface area contributed by atoms with Crippen LogP contribution in [-0.2, 0) is 14.6 Å². The van der Waals surface area contributed by atoms with Crippen molar-refractivity contribution in [2.45, 2.75) is 39.8 Å². The Kier molecular flexibility index (Phi) is 5.87. The fraction of sp³-hybridized carbons (Fsp3) is 0.391. The molecule has 6 nitrogen and oxygen atoms in total. The van der Waals surface area contributed by atoms with Crippen molar-refractivity contribution in [1.82, 2.24) is 0 Å². The lowest BCUT2D eigenvalue weighted by molar-refractivity contribution is -0.113. The Labute approximate surface area is 188 Å². The molecule has 1 saturated heterocycles. The van der Waals surface area contributed by atoms with Crippen LogP contribution >= 0.6 is 11.8 Å². The largest absolute Gasteiger partial charge is 0.325 e. The molecule has 0 aromatic heterocycles. The molecular formula is C23H27N3O3S2. The Hall–Kier alpha value is -2.32. The van der Waals surface area contributed by atoms with Crippen LogP contribution < -0.4 is 10.2 Å². The molecule has 0 spiro atoms. The van der Waals surface area contributed by atoms with Gasteiger partial charge >= 0.3 is 0 Å². The molecule has 0 saturated carbocycles. The first-order chi connectivity index (χ1) is 14.6. The van der Waals surface area contributed by atoms with Crippen molar-refractivity contribution in [2.24, 2.45) is 4.99 Å². The van der Waals surface area contributed by atoms with Gasteiger partial charge in [0.05, 0.1) is 29.3 Å². The van der Waals surface area contributed by atoms with Gasteiger partial charge in [-0.1, -0.05) is 35.5 Å². The zero-order chi connectivity index (χ0) is 22.3. The van der Waals surface area contributed by atoms with Gasteiger partial charge < -0.3 is 10.2 Å². The lowest BCUT2D eigenvalue weighted by Crippen LogP contribution is -2.39. The number of rotatable bonds is 4. The number of amides is 1. The van der Waals surface area contributed by atoms with Crippen LogP contribution in [0.4, 0.5) is 11.4 Å². The number of sulfone groups is 1. The van der Waals surface area contributed by atoms with Crippen LogP contribution in [0, 0.1) is 27.7 Å². The highest BCUT2D eigenvalue weighted by Gasteiger charge is 2.47. The Bertz CT molecular complexity index is 1170. The number of fused-ring (bicyclic) bond motifs is 1. The van der Waals surface area contributed by atoms with Gasteiger partial charge in [0.15, 0.2) is 15.0 Å². The summed E-state index contributed by atoms with van der Waals surface area (Å²) in [6, 6.07) is 11.5. The minimum atomic E-state index is -3.11. The molecule has 31 heavy (non-hydrogen) atoms. The van der Waals surface area contributed by atoms with E-state index in [-0.39, 0.29) is 35.2 Å². The van der Waals surface area contributed by atoms with E-state index < -0.39 is 9.84 Å². The molecule has 4 rings (SSSR count). The van der Waals surface area contributed by atoms with Gasteiger partial charge in [-0.15, -0.1) is 0 Å². The zero-order valence-corrected chi connectivity index (χ0v) is 19.8. The second kappa shape index (κ2) is 8.31. The summed E-state index contributed by atoms with van der Waals surface area (Å²) in [4.78, 5) is 19.3. The molecule has 164 valence electrons. The molecule has 0 aliphatic carbocycles. The lowest BCUT2D eigenvalue weighted by atomic mass is 10.1. The topological polar surface area (TPSA) is 78.8 Å². The van der Waals surface area contributed by atoms with Gasteiger partial charge in [0.2, 0.25) is 5.91 Å². The van der Waals surface area contributed by atoms with E-state index in [4.69, 9.17) is 4.99 Å². The minimum Gasteiger partial charge on any atom is -0.325 e. The highest BCUT2D eigenvalue weighted by Crippen LogP contribution is 2.35. The van der Waals surface area contributed by atoms with Crippen LogP contribution in [0.1, 0.15) is 22.3 Å². The number of aliphatic imine (C=N–C) groups is 1. The normalized spacial score (nSPS) is 21.7. The first-order valence-corrected chi connectivity index (χ1v) is 13.1. The number of nitrogens with zero attached hydrogens (tertiary/aromatic N) is 2. The van der Waals surface area contributed by atoms with E-state index in [1.807, 2.05) is 62.9 Å². The van der Waals surface area contributed by atoms with Gasteiger partial charge in [0.25, 0.3) is 0 Å². The summed E-state index contributed by atoms with van der Waals surface area (Å²) < 4.78 is 24.4. The maximum atomic E-state index is 12.6. The molecule has 1 fully saturated rings. The summed E-state index contributed by atoms with van der Waals surface area (Å²) in [5.41, 5.74) is 6.22. The van der Waals surface area contributed by atoms with Crippen LogP contribution in [0.15, 0.2) is 41.4 Å². The molecule has 8 heteroatoms. The predicted octanol–water partition coefficient (Wildman–Crippen LogP) is 3.63. The Balaban J connectivity index is 1.52. The average molecular weight is 458 g/mol. The Morgan fingerprint density at radius 1 is 1.06 bits per heavy atom. The van der Waals surface area contributed by atoms with Gasteiger partial charge in [-0.3, -0.25) is 9.79 Å². The summed E-state index contributed by atoms with van der Waals surface area (Å²) in [7, 11) is -3.11. The smallest absolute Gasteiger partial charge is 0.234 e. The summed E-state index contributed by atoms with van der Waals surface area (Å²) in [5.74, 6) is 0.258. The quantitative estimate of drug-likeness (QED) is 0.758. The number of anilines is 2. The van der Waals surface area contributed by atoms with E-state index >= 15 is 0 Å². The first kappa shape index (κ1) is 21.9. The predicted molar refractivity (Wildman–Crippen MR) is 129 cm³/mol. The van der Waals surface area contributed by atoms with Crippen molar-refractivity contribution in [2.75, 3.05) is 27.5 Å². The van der Waals surface area contributed by atoms with Gasteiger partial charge in [-0.2, -0.15) is 0 Å². The van der Waals surface area contributed by atoms with E-state index in [0.717, 1.165) is 28.1 Å². The molecular weight excluding hydrogens is 430 g/mol. The fourth-order valence-corrected chi connectivity index (χ4v) is 6.85. The number of nitrogens with one attached hydrogen (secondary N) is 1. The molecule has 2 atom stereocenters. The van der Waals surface area contributed by atoms with E-state index in [0.29, 0.717) is 5.17 Å². The summed E-state index contributed by atoms with van der Waals surface area (Å²) in [6.45, 7) is 8.08. The molecule has 0 bridgehead atoms. The lowest BCUT2D eigenvalue weighted by Gasteiger charge is -2.27. The number of aryl methyl sites for hydroxylation is 4. The van der Waals surface area contributed by atoms with Crippen LogP contribution in [0.3, 0.4) is 0 Å². The standard InChI is InChI=1S/C23H27N3O3S2/c1-14-5-8-19(17(4)9-14)24-22(27)11-30-23-25-20-12-31(28,29)13-21(20)26(23)18-7-6-15(2)16(3)10-18/h5-10,20-21H,11-13H2,1-4H3,(H,24,27). The highest BCUT2D eigenvalue weighted by atomic mass is 32.2. The van der Waals surface area contributed by atoms with E-state index in [1.54, 1.807) is 0 Å². The third-order valence-corrected chi connectivity index (χ3v) is 8.53. The molecule has 2 unspecified atom stereocenters. The number of hydrogen-bond acceptors (Lipinski definition) is 6. The van der Waals surface area contributed by atoms with Crippen LogP contribution in [0.25, 0.3) is 0 Å². The van der Waals surface area contributed by atoms with Crippen molar-refractivity contribution in [3.8, 4) is 0 Å². The van der Waals surface area contributed by atoms with E-state index in [1.165, 1.54) is 17.3 Å². The number of amidine groups is 1. The number of hydrogen-bond donors (Lipinski definition) is 1. The maximum Gasteiger partial charge on any atom is 0.234 e. The van der Waals surface area contributed by atoms with E-state index in [9.17, 15) is 13.2 Å². The third-order valence-electron chi connectivity index (χ3n) is 5.86. The van der Waals surface area contributed by atoms with Gasteiger partial charge in [-0.05, 0) is 62.6 Å². The van der Waals surface area contributed by atoms with Crippen molar-refractivity contribution < 1.29 is 13.2 Å². The van der Waals surface area contributed by atoms with Crippen molar-refractivity contribution >= 4 is 44.0 Å². The minimum absolute atomic E-state index is 0.0673. The van der Waals surface area contributed by atoms with Crippen LogP contribution in [-0.4, -0.2) is 48.8 Å². The molecule has 0 radical (unpaired) electrons. The van der Waals surface area contributed by atoms with Gasteiger partial charge in [-0.25, -0.2) is 8.42 Å². The summed E-state index contributed by atoms with van der Waals surface area (Å²) in [5, 5.41) is 3.68. The third kappa shape index (κ3) is 4.65. The van der Waals surface area contributed by atoms with Gasteiger partial charge in [0.1, 0.15) is 0 Å². The fourth-order valence-electron chi connectivity index (χ4n) is 4.08. The molecule has 2 aromatic carbocycles. The van der Waals surface area contributed by atoms with Crippen molar-refractivity contribution in [1.29, 1.82) is 0 Å². The van der Waals surface area contributed by atoms with E-state index in [2.05, 4.69) is 11.4 Å². The van der Waals surface area contributed by atoms with Gasteiger partial charge in [0, 0.05) is 11.4 Å². The zero-order valence-electron chi connectivity index (χ0n) is 18.2. The number of carbonyl (C=O) groups excluding carboxylic acids is 1. The molecule has 1 amide bonds. The van der Waals surface area contributed by atoms with Crippen molar-refractivity contribution in [3.63, 3.8) is 0 Å². The number of benzene rings is 2. The number of carbonyl (C=O) groups is 1. The highest BCUT2D eigenvalue weighted by molar-refractivity contribution is 8.14.